The first-order chi connectivity index (χ1) is 12.6. The molecule has 6 heteroatoms. The SMILES string of the molecule is O=C(CCc1ccccc1)N/N=C\c1ccc(-c2ccc(Cl)c(Cl)c2)o1. The van der Waals surface area contributed by atoms with Crippen LogP contribution in [0.2, 0.25) is 10.0 Å². The highest BCUT2D eigenvalue weighted by Crippen LogP contribution is 2.29. The number of hydrogen-bond acceptors (Lipinski definition) is 3. The summed E-state index contributed by atoms with van der Waals surface area (Å²) in [6.07, 6.45) is 2.50. The number of halogens is 2. The lowest BCUT2D eigenvalue weighted by molar-refractivity contribution is -0.121. The van der Waals surface area contributed by atoms with Gasteiger partial charge in [-0.15, -0.1) is 0 Å². The van der Waals surface area contributed by atoms with Gasteiger partial charge in [0.15, 0.2) is 0 Å². The van der Waals surface area contributed by atoms with E-state index in [0.717, 1.165) is 11.1 Å². The number of carbonyl (C=O) groups is 1. The molecule has 0 saturated carbocycles. The highest BCUT2D eigenvalue weighted by atomic mass is 35.5. The maximum atomic E-state index is 11.8. The van der Waals surface area contributed by atoms with Gasteiger partial charge in [-0.05, 0) is 42.3 Å². The van der Waals surface area contributed by atoms with E-state index in [1.54, 1.807) is 24.3 Å². The van der Waals surface area contributed by atoms with Crippen LogP contribution in [-0.2, 0) is 11.2 Å². The normalized spacial score (nSPS) is 11.0. The van der Waals surface area contributed by atoms with E-state index in [1.807, 2.05) is 36.4 Å². The molecule has 132 valence electrons. The summed E-state index contributed by atoms with van der Waals surface area (Å²) in [5.74, 6) is 1.01. The second kappa shape index (κ2) is 8.70. The van der Waals surface area contributed by atoms with E-state index in [1.165, 1.54) is 6.21 Å². The fraction of sp³-hybridized carbons (Fsp3) is 0.100. The minimum atomic E-state index is -0.152. The summed E-state index contributed by atoms with van der Waals surface area (Å²) in [5.41, 5.74) is 4.42. The first-order valence-electron chi connectivity index (χ1n) is 8.03. The maximum absolute atomic E-state index is 11.8. The van der Waals surface area contributed by atoms with Crippen molar-refractivity contribution in [3.05, 3.63) is 82.0 Å². The number of aryl methyl sites for hydroxylation is 1. The Bertz CT molecular complexity index is 921. The number of carbonyl (C=O) groups excluding carboxylic acids is 1. The molecule has 0 atom stereocenters. The van der Waals surface area contributed by atoms with E-state index in [2.05, 4.69) is 10.5 Å². The largest absolute Gasteiger partial charge is 0.455 e. The van der Waals surface area contributed by atoms with Crippen LogP contribution in [0.3, 0.4) is 0 Å². The van der Waals surface area contributed by atoms with Gasteiger partial charge < -0.3 is 4.42 Å². The van der Waals surface area contributed by atoms with E-state index in [4.69, 9.17) is 27.6 Å². The lowest BCUT2D eigenvalue weighted by Gasteiger charge is -2.00. The first-order valence-corrected chi connectivity index (χ1v) is 8.78. The van der Waals surface area contributed by atoms with Gasteiger partial charge >= 0.3 is 0 Å². The fourth-order valence-electron chi connectivity index (χ4n) is 2.35. The predicted octanol–water partition coefficient (Wildman–Crippen LogP) is 5.34. The molecule has 3 rings (SSSR count). The second-order valence-electron chi connectivity index (χ2n) is 5.61. The third-order valence-electron chi connectivity index (χ3n) is 3.70. The lowest BCUT2D eigenvalue weighted by atomic mass is 10.1. The molecule has 0 aliphatic heterocycles. The molecular formula is C20H16Cl2N2O2. The van der Waals surface area contributed by atoms with Crippen molar-refractivity contribution in [2.75, 3.05) is 0 Å². The Labute approximate surface area is 161 Å². The summed E-state index contributed by atoms with van der Waals surface area (Å²) in [4.78, 5) is 11.8. The molecule has 26 heavy (non-hydrogen) atoms. The fourth-order valence-corrected chi connectivity index (χ4v) is 2.65. The smallest absolute Gasteiger partial charge is 0.240 e. The molecule has 1 N–H and O–H groups in total. The molecule has 1 heterocycles. The predicted molar refractivity (Wildman–Crippen MR) is 105 cm³/mol. The molecule has 0 radical (unpaired) electrons. The first kappa shape index (κ1) is 18.2. The van der Waals surface area contributed by atoms with Crippen LogP contribution >= 0.6 is 23.2 Å². The van der Waals surface area contributed by atoms with E-state index in [-0.39, 0.29) is 5.91 Å². The van der Waals surface area contributed by atoms with Crippen molar-refractivity contribution in [3.8, 4) is 11.3 Å². The van der Waals surface area contributed by atoms with Crippen molar-refractivity contribution in [2.24, 2.45) is 5.10 Å². The average Bonchev–Trinajstić information content (AvgIpc) is 3.12. The monoisotopic (exact) mass is 386 g/mol. The number of nitrogens with zero attached hydrogens (tertiary/aromatic N) is 1. The number of nitrogens with one attached hydrogen (secondary N) is 1. The summed E-state index contributed by atoms with van der Waals surface area (Å²) in [6.45, 7) is 0. The van der Waals surface area contributed by atoms with Gasteiger partial charge in [-0.1, -0.05) is 53.5 Å². The quantitative estimate of drug-likeness (QED) is 0.459. The molecule has 0 aliphatic rings. The zero-order chi connectivity index (χ0) is 18.4. The molecule has 3 aromatic rings. The third kappa shape index (κ3) is 4.97. The minimum absolute atomic E-state index is 0.152. The van der Waals surface area contributed by atoms with E-state index >= 15 is 0 Å². The Hall–Kier alpha value is -2.56. The molecule has 0 fully saturated rings. The van der Waals surface area contributed by atoms with Gasteiger partial charge in [-0.3, -0.25) is 4.79 Å². The summed E-state index contributed by atoms with van der Waals surface area (Å²) in [5, 5.41) is 4.87. The van der Waals surface area contributed by atoms with Crippen LogP contribution in [0.4, 0.5) is 0 Å². The van der Waals surface area contributed by atoms with Crippen molar-refractivity contribution >= 4 is 35.3 Å². The molecule has 0 bridgehead atoms. The number of benzene rings is 2. The van der Waals surface area contributed by atoms with Crippen molar-refractivity contribution in [2.45, 2.75) is 12.8 Å². The average molecular weight is 387 g/mol. The number of furan rings is 1. The van der Waals surface area contributed by atoms with Crippen molar-refractivity contribution < 1.29 is 9.21 Å². The zero-order valence-corrected chi connectivity index (χ0v) is 15.3. The summed E-state index contributed by atoms with van der Waals surface area (Å²) >= 11 is 11.9. The molecule has 0 spiro atoms. The Morgan fingerprint density at radius 3 is 2.62 bits per heavy atom. The Morgan fingerprint density at radius 2 is 1.85 bits per heavy atom. The van der Waals surface area contributed by atoms with Crippen molar-refractivity contribution in [1.29, 1.82) is 0 Å². The molecule has 1 aromatic heterocycles. The Kier molecular flexibility index (Phi) is 6.10. The summed E-state index contributed by atoms with van der Waals surface area (Å²) in [7, 11) is 0. The van der Waals surface area contributed by atoms with Crippen LogP contribution in [0.1, 0.15) is 17.7 Å². The van der Waals surface area contributed by atoms with Gasteiger partial charge in [0.2, 0.25) is 5.91 Å². The maximum Gasteiger partial charge on any atom is 0.240 e. The van der Waals surface area contributed by atoms with E-state index in [9.17, 15) is 4.79 Å². The van der Waals surface area contributed by atoms with Gasteiger partial charge in [0.1, 0.15) is 11.5 Å². The number of hydrazone groups is 1. The minimum Gasteiger partial charge on any atom is -0.455 e. The van der Waals surface area contributed by atoms with Gasteiger partial charge in [0.25, 0.3) is 0 Å². The van der Waals surface area contributed by atoms with Crippen LogP contribution < -0.4 is 5.43 Å². The van der Waals surface area contributed by atoms with Crippen LogP contribution in [0.15, 0.2) is 70.2 Å². The van der Waals surface area contributed by atoms with Crippen LogP contribution in [0.25, 0.3) is 11.3 Å². The summed E-state index contributed by atoms with van der Waals surface area (Å²) < 4.78 is 5.67. The van der Waals surface area contributed by atoms with Crippen LogP contribution in [0.5, 0.6) is 0 Å². The molecular weight excluding hydrogens is 371 g/mol. The third-order valence-corrected chi connectivity index (χ3v) is 4.43. The number of amides is 1. The topological polar surface area (TPSA) is 54.6 Å². The molecule has 0 saturated heterocycles. The number of rotatable bonds is 6. The summed E-state index contributed by atoms with van der Waals surface area (Å²) in [6, 6.07) is 18.7. The lowest BCUT2D eigenvalue weighted by Crippen LogP contribution is -2.17. The van der Waals surface area contributed by atoms with E-state index < -0.39 is 0 Å². The van der Waals surface area contributed by atoms with Gasteiger partial charge in [0.05, 0.1) is 16.3 Å². The zero-order valence-electron chi connectivity index (χ0n) is 13.8. The van der Waals surface area contributed by atoms with Crippen molar-refractivity contribution in [3.63, 3.8) is 0 Å². The Morgan fingerprint density at radius 1 is 1.04 bits per heavy atom. The highest BCUT2D eigenvalue weighted by Gasteiger charge is 2.06. The molecule has 2 aromatic carbocycles. The molecule has 0 unspecified atom stereocenters. The van der Waals surface area contributed by atoms with Crippen molar-refractivity contribution in [1.82, 2.24) is 5.43 Å². The standard InChI is InChI=1S/C20H16Cl2N2O2/c21-17-9-7-15(12-18(17)22)19-10-8-16(26-19)13-23-24-20(25)11-6-14-4-2-1-3-5-14/h1-5,7-10,12-13H,6,11H2,(H,24,25)/b23-13-. The van der Waals surface area contributed by atoms with E-state index in [0.29, 0.717) is 34.4 Å². The van der Waals surface area contributed by atoms with Gasteiger partial charge in [-0.2, -0.15) is 5.10 Å². The van der Waals surface area contributed by atoms with Gasteiger partial charge in [0, 0.05) is 12.0 Å². The van der Waals surface area contributed by atoms with Crippen LogP contribution in [0, 0.1) is 0 Å². The van der Waals surface area contributed by atoms with Gasteiger partial charge in [-0.25, -0.2) is 5.43 Å². The Balaban J connectivity index is 1.53. The van der Waals surface area contributed by atoms with Crippen LogP contribution in [-0.4, -0.2) is 12.1 Å². The second-order valence-corrected chi connectivity index (χ2v) is 6.42. The molecule has 1 amide bonds. The molecule has 4 nitrogen and oxygen atoms in total. The molecule has 0 aliphatic carbocycles. The number of hydrogen-bond donors (Lipinski definition) is 1. The highest BCUT2D eigenvalue weighted by molar-refractivity contribution is 6.42.